The van der Waals surface area contributed by atoms with Gasteiger partial charge in [0.1, 0.15) is 11.8 Å². The van der Waals surface area contributed by atoms with Crippen molar-refractivity contribution in [3.63, 3.8) is 0 Å². The van der Waals surface area contributed by atoms with Crippen LogP contribution in [0.25, 0.3) is 0 Å². The van der Waals surface area contributed by atoms with Gasteiger partial charge in [-0.1, -0.05) is 6.07 Å². The van der Waals surface area contributed by atoms with Crippen molar-refractivity contribution in [1.29, 1.82) is 0 Å². The number of rotatable bonds is 3. The van der Waals surface area contributed by atoms with Gasteiger partial charge in [0.25, 0.3) is 5.91 Å². The minimum Gasteiger partial charge on any atom is -0.475 e. The van der Waals surface area contributed by atoms with E-state index in [0.29, 0.717) is 31.2 Å². The first kappa shape index (κ1) is 22.8. The molecule has 0 radical (unpaired) electrons. The number of nitrogens with zero attached hydrogens (tertiary/aromatic N) is 5. The number of carbonyl (C=O) groups is 2. The molecule has 1 unspecified atom stereocenters. The number of imidazole rings is 1. The third-order valence-electron chi connectivity index (χ3n) is 4.48. The van der Waals surface area contributed by atoms with E-state index in [1.54, 1.807) is 28.2 Å². The molecule has 4 heterocycles. The Hall–Kier alpha value is -3.83. The van der Waals surface area contributed by atoms with Gasteiger partial charge < -0.3 is 23.9 Å². The monoisotopic (exact) mass is 451 g/mol. The molecular formula is C20H20F3N5O4. The van der Waals surface area contributed by atoms with Crippen LogP contribution in [-0.4, -0.2) is 59.8 Å². The van der Waals surface area contributed by atoms with Gasteiger partial charge in [-0.25, -0.2) is 14.8 Å². The third kappa shape index (κ3) is 5.86. The van der Waals surface area contributed by atoms with Crippen LogP contribution in [0.2, 0.25) is 0 Å². The topological polar surface area (TPSA) is 102 Å². The number of aryl methyl sites for hydroxylation is 1. The Bertz CT molecular complexity index is 1060. The zero-order valence-corrected chi connectivity index (χ0v) is 16.9. The lowest BCUT2D eigenvalue weighted by molar-refractivity contribution is -0.192. The lowest BCUT2D eigenvalue weighted by atomic mass is 10.3. The van der Waals surface area contributed by atoms with Crippen LogP contribution in [0.5, 0.6) is 5.88 Å². The molecule has 4 rings (SSSR count). The standard InChI is InChI=1S/C18H19N5O2.C2HF3O2/c1-21-12-16(20-13-21)18(24)23-9-14-5-4-8-22(14)10-15(11-23)25-17-6-2-3-7-19-17;3-2(4,5)1(6)7/h2-8,12-13,15H,9-11H2,1H3;(H,6,7). The van der Waals surface area contributed by atoms with Gasteiger partial charge in [0.05, 0.1) is 26.0 Å². The molecule has 170 valence electrons. The number of carboxylic acid groups (broad SMARTS) is 1. The van der Waals surface area contributed by atoms with Gasteiger partial charge in [-0.05, 0) is 18.2 Å². The van der Waals surface area contributed by atoms with E-state index in [9.17, 15) is 18.0 Å². The fourth-order valence-corrected chi connectivity index (χ4v) is 3.06. The molecule has 32 heavy (non-hydrogen) atoms. The molecule has 0 aromatic carbocycles. The number of hydrogen-bond acceptors (Lipinski definition) is 5. The summed E-state index contributed by atoms with van der Waals surface area (Å²) in [5, 5.41) is 7.12. The molecule has 9 nitrogen and oxygen atoms in total. The number of alkyl halides is 3. The molecule has 0 saturated heterocycles. The average Bonchev–Trinajstić information content (AvgIpc) is 3.32. The number of carboxylic acids is 1. The van der Waals surface area contributed by atoms with Gasteiger partial charge in [-0.15, -0.1) is 0 Å². The lowest BCUT2D eigenvalue weighted by Gasteiger charge is -2.23. The highest BCUT2D eigenvalue weighted by Crippen LogP contribution is 2.19. The Morgan fingerprint density at radius 2 is 1.91 bits per heavy atom. The molecule has 0 aliphatic carbocycles. The van der Waals surface area contributed by atoms with Crippen LogP contribution in [0.3, 0.4) is 0 Å². The second-order valence-corrected chi connectivity index (χ2v) is 6.97. The summed E-state index contributed by atoms with van der Waals surface area (Å²) >= 11 is 0. The van der Waals surface area contributed by atoms with Crippen molar-refractivity contribution in [3.05, 3.63) is 66.6 Å². The van der Waals surface area contributed by atoms with Crippen molar-refractivity contribution in [1.82, 2.24) is 24.0 Å². The smallest absolute Gasteiger partial charge is 0.475 e. The third-order valence-corrected chi connectivity index (χ3v) is 4.48. The van der Waals surface area contributed by atoms with Crippen molar-refractivity contribution in [2.75, 3.05) is 6.54 Å². The first-order valence-electron chi connectivity index (χ1n) is 9.42. The number of halogens is 3. The highest BCUT2D eigenvalue weighted by atomic mass is 19.4. The van der Waals surface area contributed by atoms with Gasteiger partial charge in [-0.3, -0.25) is 4.79 Å². The van der Waals surface area contributed by atoms with Crippen molar-refractivity contribution >= 4 is 11.9 Å². The number of hydrogen-bond donors (Lipinski definition) is 1. The quantitative estimate of drug-likeness (QED) is 0.656. The number of amides is 1. The Labute approximate surface area is 180 Å². The zero-order chi connectivity index (χ0) is 23.3. The molecule has 0 spiro atoms. The average molecular weight is 451 g/mol. The predicted octanol–water partition coefficient (Wildman–Crippen LogP) is 2.35. The van der Waals surface area contributed by atoms with Crippen LogP contribution in [0.15, 0.2) is 55.2 Å². The molecule has 1 N–H and O–H groups in total. The highest BCUT2D eigenvalue weighted by Gasteiger charge is 2.38. The molecule has 1 amide bonds. The largest absolute Gasteiger partial charge is 0.490 e. The molecule has 1 aliphatic heterocycles. The Morgan fingerprint density at radius 3 is 2.50 bits per heavy atom. The van der Waals surface area contributed by atoms with Crippen molar-refractivity contribution < 1.29 is 32.6 Å². The van der Waals surface area contributed by atoms with E-state index in [2.05, 4.69) is 14.5 Å². The predicted molar refractivity (Wildman–Crippen MR) is 105 cm³/mol. The van der Waals surface area contributed by atoms with Crippen LogP contribution < -0.4 is 4.74 Å². The van der Waals surface area contributed by atoms with Gasteiger partial charge in [0.15, 0.2) is 0 Å². The SMILES string of the molecule is Cn1cnc(C(=O)N2Cc3cccn3CC(Oc3ccccn3)C2)c1.O=C(O)C(F)(F)F. The van der Waals surface area contributed by atoms with E-state index in [1.165, 1.54) is 0 Å². The molecule has 3 aromatic rings. The molecular weight excluding hydrogens is 431 g/mol. The lowest BCUT2D eigenvalue weighted by Crippen LogP contribution is -2.38. The number of aliphatic carboxylic acids is 1. The minimum atomic E-state index is -5.08. The fraction of sp³-hybridized carbons (Fsp3) is 0.300. The van der Waals surface area contributed by atoms with Crippen LogP contribution >= 0.6 is 0 Å². The fourth-order valence-electron chi connectivity index (χ4n) is 3.06. The molecule has 1 aliphatic rings. The first-order chi connectivity index (χ1) is 15.1. The summed E-state index contributed by atoms with van der Waals surface area (Å²) in [5.41, 5.74) is 1.52. The van der Waals surface area contributed by atoms with E-state index in [-0.39, 0.29) is 12.0 Å². The van der Waals surface area contributed by atoms with Crippen molar-refractivity contribution in [2.24, 2.45) is 7.05 Å². The van der Waals surface area contributed by atoms with E-state index in [4.69, 9.17) is 14.6 Å². The summed E-state index contributed by atoms with van der Waals surface area (Å²) in [6, 6.07) is 9.58. The van der Waals surface area contributed by atoms with Crippen molar-refractivity contribution in [2.45, 2.75) is 25.4 Å². The van der Waals surface area contributed by atoms with Crippen LogP contribution in [0, 0.1) is 0 Å². The maximum Gasteiger partial charge on any atom is 0.490 e. The van der Waals surface area contributed by atoms with Crippen LogP contribution in [0.1, 0.15) is 16.2 Å². The summed E-state index contributed by atoms with van der Waals surface area (Å²) in [6.45, 7) is 1.68. The minimum absolute atomic E-state index is 0.0927. The number of pyridine rings is 1. The number of aromatic nitrogens is 4. The summed E-state index contributed by atoms with van der Waals surface area (Å²) in [7, 11) is 1.85. The van der Waals surface area contributed by atoms with E-state index < -0.39 is 12.1 Å². The maximum atomic E-state index is 12.9. The van der Waals surface area contributed by atoms with Gasteiger partial charge >= 0.3 is 12.1 Å². The summed E-state index contributed by atoms with van der Waals surface area (Å²) < 4.78 is 41.7. The first-order valence-corrected chi connectivity index (χ1v) is 9.42. The van der Waals surface area contributed by atoms with Crippen LogP contribution in [0.4, 0.5) is 13.2 Å². The second kappa shape index (κ2) is 9.54. The Morgan fingerprint density at radius 1 is 1.16 bits per heavy atom. The molecule has 12 heteroatoms. The summed E-state index contributed by atoms with van der Waals surface area (Å²) in [6.07, 6.45) is 1.82. The normalized spacial score (nSPS) is 15.8. The Balaban J connectivity index is 0.000000360. The molecule has 0 fully saturated rings. The van der Waals surface area contributed by atoms with Gasteiger partial charge in [-0.2, -0.15) is 13.2 Å². The van der Waals surface area contributed by atoms with Crippen molar-refractivity contribution in [3.8, 4) is 5.88 Å². The summed E-state index contributed by atoms with van der Waals surface area (Å²) in [4.78, 5) is 32.0. The number of ether oxygens (including phenoxy) is 1. The molecule has 0 bridgehead atoms. The number of carbonyl (C=O) groups excluding carboxylic acids is 1. The van der Waals surface area contributed by atoms with Crippen LogP contribution in [-0.2, 0) is 24.9 Å². The van der Waals surface area contributed by atoms with E-state index in [1.807, 2.05) is 43.6 Å². The van der Waals surface area contributed by atoms with E-state index >= 15 is 0 Å². The second-order valence-electron chi connectivity index (χ2n) is 6.97. The zero-order valence-electron chi connectivity index (χ0n) is 16.9. The summed E-state index contributed by atoms with van der Waals surface area (Å²) in [5.74, 6) is -2.29. The van der Waals surface area contributed by atoms with Gasteiger partial charge in [0.2, 0.25) is 5.88 Å². The van der Waals surface area contributed by atoms with E-state index in [0.717, 1.165) is 5.69 Å². The number of fused-ring (bicyclic) bond motifs is 1. The highest BCUT2D eigenvalue weighted by molar-refractivity contribution is 5.92. The van der Waals surface area contributed by atoms with Gasteiger partial charge in [0, 0.05) is 37.4 Å². The maximum absolute atomic E-state index is 12.9. The Kier molecular flexibility index (Phi) is 6.81. The molecule has 0 saturated carbocycles. The molecule has 3 aromatic heterocycles. The molecule has 1 atom stereocenters.